The first kappa shape index (κ1) is 7.81. The zero-order valence-electron chi connectivity index (χ0n) is 5.22. The second-order valence-electron chi connectivity index (χ2n) is 1.46. The summed E-state index contributed by atoms with van der Waals surface area (Å²) in [6, 6.07) is 0. The van der Waals surface area contributed by atoms with E-state index in [-0.39, 0.29) is 5.70 Å². The van der Waals surface area contributed by atoms with E-state index in [1.54, 1.807) is 0 Å². The van der Waals surface area contributed by atoms with E-state index in [1.165, 1.54) is 6.20 Å². The van der Waals surface area contributed by atoms with Crippen LogP contribution in [0.2, 0.25) is 0 Å². The fraction of sp³-hybridized carbons (Fsp3) is 0.400. The van der Waals surface area contributed by atoms with Gasteiger partial charge in [-0.25, -0.2) is 4.79 Å². The first-order valence-corrected chi connectivity index (χ1v) is 2.60. The molecular weight excluding hydrogens is 120 g/mol. The van der Waals surface area contributed by atoms with Gasteiger partial charge in [0.15, 0.2) is 0 Å². The fourth-order valence-electron chi connectivity index (χ4n) is 0.274. The van der Waals surface area contributed by atoms with Crippen molar-refractivity contribution in [1.29, 1.82) is 0 Å². The molecule has 0 saturated carbocycles. The molecule has 0 spiro atoms. The summed E-state index contributed by atoms with van der Waals surface area (Å²) in [4.78, 5) is 9.97. The Kier molecular flexibility index (Phi) is 3.27. The van der Waals surface area contributed by atoms with Crippen LogP contribution < -0.4 is 11.1 Å². The van der Waals surface area contributed by atoms with Crippen molar-refractivity contribution in [3.8, 4) is 0 Å². The van der Waals surface area contributed by atoms with Crippen LogP contribution >= 0.6 is 0 Å². The van der Waals surface area contributed by atoms with Gasteiger partial charge in [-0.3, -0.25) is 0 Å². The van der Waals surface area contributed by atoms with Gasteiger partial charge < -0.3 is 16.2 Å². The van der Waals surface area contributed by atoms with Crippen molar-refractivity contribution in [2.24, 2.45) is 5.73 Å². The van der Waals surface area contributed by atoms with E-state index in [2.05, 4.69) is 5.32 Å². The van der Waals surface area contributed by atoms with E-state index in [4.69, 9.17) is 10.8 Å². The Balaban J connectivity index is 3.69. The molecule has 0 unspecified atom stereocenters. The molecule has 4 heteroatoms. The minimum Gasteiger partial charge on any atom is -0.477 e. The predicted octanol–water partition coefficient (Wildman–Crippen LogP) is -0.519. The van der Waals surface area contributed by atoms with Crippen LogP contribution in [0.15, 0.2) is 11.9 Å². The lowest BCUT2D eigenvalue weighted by atomic mass is 10.5. The molecule has 0 aliphatic heterocycles. The average molecular weight is 130 g/mol. The molecule has 0 saturated heterocycles. The van der Waals surface area contributed by atoms with Crippen LogP contribution in [0.5, 0.6) is 0 Å². The lowest BCUT2D eigenvalue weighted by Crippen LogP contribution is -2.15. The first-order valence-electron chi connectivity index (χ1n) is 2.60. The zero-order valence-corrected chi connectivity index (χ0v) is 5.22. The van der Waals surface area contributed by atoms with E-state index < -0.39 is 5.97 Å². The van der Waals surface area contributed by atoms with Crippen molar-refractivity contribution in [1.82, 2.24) is 5.32 Å². The average Bonchev–Trinajstić information content (AvgIpc) is 1.82. The monoisotopic (exact) mass is 130 g/mol. The largest absolute Gasteiger partial charge is 0.477 e. The molecule has 9 heavy (non-hydrogen) atoms. The first-order chi connectivity index (χ1) is 4.18. The van der Waals surface area contributed by atoms with Crippen LogP contribution in [0.3, 0.4) is 0 Å². The molecule has 4 N–H and O–H groups in total. The number of carbonyl (C=O) groups is 1. The Labute approximate surface area is 53.4 Å². The van der Waals surface area contributed by atoms with Crippen LogP contribution in [0.1, 0.15) is 6.92 Å². The molecule has 0 fully saturated rings. The van der Waals surface area contributed by atoms with E-state index >= 15 is 0 Å². The summed E-state index contributed by atoms with van der Waals surface area (Å²) in [6.45, 7) is 2.53. The van der Waals surface area contributed by atoms with E-state index in [0.717, 1.165) is 0 Å². The van der Waals surface area contributed by atoms with Crippen molar-refractivity contribution in [2.45, 2.75) is 6.92 Å². The lowest BCUT2D eigenvalue weighted by molar-refractivity contribution is -0.132. The summed E-state index contributed by atoms with van der Waals surface area (Å²) in [6.07, 6.45) is 1.27. The SMILES string of the molecule is CCN/C=C(\N)C(=O)O. The summed E-state index contributed by atoms with van der Waals surface area (Å²) in [5.74, 6) is -1.10. The maximum Gasteiger partial charge on any atom is 0.353 e. The molecule has 0 radical (unpaired) electrons. The predicted molar refractivity (Wildman–Crippen MR) is 33.6 cm³/mol. The highest BCUT2D eigenvalue weighted by Crippen LogP contribution is 1.77. The molecular formula is C5H10N2O2. The molecule has 0 heterocycles. The molecule has 0 aromatic rings. The normalized spacial score (nSPS) is 11.0. The number of carboxylic acid groups (broad SMARTS) is 1. The van der Waals surface area contributed by atoms with Crippen molar-refractivity contribution < 1.29 is 9.90 Å². The van der Waals surface area contributed by atoms with Gasteiger partial charge in [-0.2, -0.15) is 0 Å². The van der Waals surface area contributed by atoms with Gasteiger partial charge in [0.25, 0.3) is 0 Å². The maximum atomic E-state index is 9.97. The number of aliphatic carboxylic acids is 1. The maximum absolute atomic E-state index is 9.97. The van der Waals surface area contributed by atoms with Gasteiger partial charge in [-0.05, 0) is 6.92 Å². The van der Waals surface area contributed by atoms with Gasteiger partial charge in [-0.15, -0.1) is 0 Å². The summed E-state index contributed by atoms with van der Waals surface area (Å²) < 4.78 is 0. The molecule has 4 nitrogen and oxygen atoms in total. The third-order valence-electron chi connectivity index (χ3n) is 0.709. The molecule has 0 aromatic heterocycles. The standard InChI is InChI=1S/C5H10N2O2/c1-2-7-3-4(6)5(8)9/h3,7H,2,6H2,1H3,(H,8,9)/b4-3-. The smallest absolute Gasteiger partial charge is 0.353 e. The molecule has 0 amide bonds. The highest BCUT2D eigenvalue weighted by molar-refractivity contribution is 5.85. The second-order valence-corrected chi connectivity index (χ2v) is 1.46. The third kappa shape index (κ3) is 3.40. The van der Waals surface area contributed by atoms with Crippen LogP contribution in [0.25, 0.3) is 0 Å². The minimum absolute atomic E-state index is 0.170. The topological polar surface area (TPSA) is 75.3 Å². The van der Waals surface area contributed by atoms with Crippen molar-refractivity contribution in [3.63, 3.8) is 0 Å². The second kappa shape index (κ2) is 3.77. The Morgan fingerprint density at radius 2 is 2.44 bits per heavy atom. The molecule has 0 aromatic carbocycles. The van der Waals surface area contributed by atoms with Gasteiger partial charge in [-0.1, -0.05) is 0 Å². The number of nitrogens with one attached hydrogen (secondary N) is 1. The van der Waals surface area contributed by atoms with Crippen LogP contribution in [0.4, 0.5) is 0 Å². The molecule has 0 aliphatic rings. The van der Waals surface area contributed by atoms with Crippen molar-refractivity contribution in [3.05, 3.63) is 11.9 Å². The van der Waals surface area contributed by atoms with E-state index in [9.17, 15) is 4.79 Å². The number of rotatable bonds is 3. The summed E-state index contributed by atoms with van der Waals surface area (Å²) >= 11 is 0. The lowest BCUT2D eigenvalue weighted by Gasteiger charge is -1.93. The Morgan fingerprint density at radius 3 is 2.78 bits per heavy atom. The van der Waals surface area contributed by atoms with Crippen LogP contribution in [0, 0.1) is 0 Å². The molecule has 0 bridgehead atoms. The highest BCUT2D eigenvalue weighted by atomic mass is 16.4. The van der Waals surface area contributed by atoms with Crippen LogP contribution in [-0.4, -0.2) is 17.6 Å². The van der Waals surface area contributed by atoms with E-state index in [1.807, 2.05) is 6.92 Å². The zero-order chi connectivity index (χ0) is 7.28. The Hall–Kier alpha value is -1.19. The van der Waals surface area contributed by atoms with Crippen molar-refractivity contribution >= 4 is 5.97 Å². The molecule has 0 rings (SSSR count). The number of carboxylic acids is 1. The highest BCUT2D eigenvalue weighted by Gasteiger charge is 1.97. The fourth-order valence-corrected chi connectivity index (χ4v) is 0.274. The molecule has 0 atom stereocenters. The quantitative estimate of drug-likeness (QED) is 0.449. The van der Waals surface area contributed by atoms with E-state index in [0.29, 0.717) is 6.54 Å². The third-order valence-corrected chi connectivity index (χ3v) is 0.709. The van der Waals surface area contributed by atoms with Gasteiger partial charge >= 0.3 is 5.97 Å². The number of nitrogens with two attached hydrogens (primary N) is 1. The van der Waals surface area contributed by atoms with Gasteiger partial charge in [0, 0.05) is 12.7 Å². The Bertz CT molecular complexity index is 131. The minimum atomic E-state index is -1.10. The van der Waals surface area contributed by atoms with Crippen molar-refractivity contribution in [2.75, 3.05) is 6.54 Å². The summed E-state index contributed by atoms with van der Waals surface area (Å²) in [5.41, 5.74) is 4.83. The summed E-state index contributed by atoms with van der Waals surface area (Å²) in [5, 5.41) is 10.8. The number of hydrogen-bond donors (Lipinski definition) is 3. The molecule has 52 valence electrons. The Morgan fingerprint density at radius 1 is 1.89 bits per heavy atom. The number of hydrogen-bond acceptors (Lipinski definition) is 3. The van der Waals surface area contributed by atoms with Gasteiger partial charge in [0.1, 0.15) is 5.70 Å². The summed E-state index contributed by atoms with van der Waals surface area (Å²) in [7, 11) is 0. The molecule has 0 aliphatic carbocycles. The van der Waals surface area contributed by atoms with Gasteiger partial charge in [0.05, 0.1) is 0 Å². The van der Waals surface area contributed by atoms with Crippen LogP contribution in [-0.2, 0) is 4.79 Å². The van der Waals surface area contributed by atoms with Gasteiger partial charge in [0.2, 0.25) is 0 Å².